The summed E-state index contributed by atoms with van der Waals surface area (Å²) in [5.41, 5.74) is 1.03. The van der Waals surface area contributed by atoms with Gasteiger partial charge in [-0.2, -0.15) is 0 Å². The molecule has 0 radical (unpaired) electrons. The predicted octanol–water partition coefficient (Wildman–Crippen LogP) is 2.58. The summed E-state index contributed by atoms with van der Waals surface area (Å²) in [6, 6.07) is 6.01. The minimum Gasteiger partial charge on any atom is -0.481 e. The molecule has 0 fully saturated rings. The average molecular weight is 329 g/mol. The van der Waals surface area contributed by atoms with Crippen molar-refractivity contribution in [1.29, 1.82) is 0 Å². The molecule has 0 spiro atoms. The van der Waals surface area contributed by atoms with Crippen LogP contribution in [0.3, 0.4) is 0 Å². The number of nitrogens with one attached hydrogen (secondary N) is 1. The van der Waals surface area contributed by atoms with Crippen LogP contribution in [-0.4, -0.2) is 38.1 Å². The van der Waals surface area contributed by atoms with E-state index in [1.807, 2.05) is 25.2 Å². The maximum absolute atomic E-state index is 11.9. The van der Waals surface area contributed by atoms with E-state index in [1.54, 1.807) is 21.0 Å². The molecule has 4 nitrogen and oxygen atoms in total. The van der Waals surface area contributed by atoms with Gasteiger partial charge in [-0.1, -0.05) is 22.0 Å². The molecular weight excluding hydrogens is 308 g/mol. The minimum atomic E-state index is -0.507. The average Bonchev–Trinajstić information content (AvgIpc) is 2.36. The second kappa shape index (κ2) is 6.91. The highest BCUT2D eigenvalue weighted by atomic mass is 79.9. The van der Waals surface area contributed by atoms with E-state index in [-0.39, 0.29) is 11.9 Å². The summed E-state index contributed by atoms with van der Waals surface area (Å²) in [4.78, 5) is 13.4. The van der Waals surface area contributed by atoms with Gasteiger partial charge in [0.25, 0.3) is 5.91 Å². The highest BCUT2D eigenvalue weighted by Gasteiger charge is 2.19. The minimum absolute atomic E-state index is 0.0527. The first-order valence-electron chi connectivity index (χ1n) is 6.21. The Kier molecular flexibility index (Phi) is 5.82. The van der Waals surface area contributed by atoms with Gasteiger partial charge >= 0.3 is 0 Å². The van der Waals surface area contributed by atoms with Crippen LogP contribution in [0.2, 0.25) is 0 Å². The van der Waals surface area contributed by atoms with Crippen LogP contribution in [-0.2, 0) is 4.79 Å². The van der Waals surface area contributed by atoms with E-state index >= 15 is 0 Å². The van der Waals surface area contributed by atoms with E-state index in [9.17, 15) is 4.79 Å². The highest BCUT2D eigenvalue weighted by Crippen LogP contribution is 2.29. The zero-order valence-corrected chi connectivity index (χ0v) is 13.6. The quantitative estimate of drug-likeness (QED) is 0.903. The molecule has 0 saturated carbocycles. The van der Waals surface area contributed by atoms with Gasteiger partial charge in [0.15, 0.2) is 6.10 Å². The number of hydrogen-bond donors (Lipinski definition) is 1. The fourth-order valence-electron chi connectivity index (χ4n) is 1.73. The summed E-state index contributed by atoms with van der Waals surface area (Å²) in [5.74, 6) is 0.668. The molecular formula is C14H21BrN2O2. The molecule has 1 N–H and O–H groups in total. The molecule has 19 heavy (non-hydrogen) atoms. The first-order valence-corrected chi connectivity index (χ1v) is 7.00. The van der Waals surface area contributed by atoms with Crippen LogP contribution in [0.15, 0.2) is 22.7 Å². The number of benzene rings is 1. The molecule has 0 aliphatic rings. The van der Waals surface area contributed by atoms with Crippen molar-refractivity contribution in [2.24, 2.45) is 0 Å². The number of carbonyl (C=O) groups is 1. The van der Waals surface area contributed by atoms with E-state index in [2.05, 4.69) is 28.2 Å². The van der Waals surface area contributed by atoms with E-state index in [4.69, 9.17) is 4.74 Å². The van der Waals surface area contributed by atoms with Gasteiger partial charge in [-0.3, -0.25) is 4.79 Å². The number of likely N-dealkylation sites (N-methyl/N-ethyl adjacent to an activating group) is 1. The highest BCUT2D eigenvalue weighted by molar-refractivity contribution is 9.10. The molecule has 2 unspecified atom stereocenters. The summed E-state index contributed by atoms with van der Waals surface area (Å²) in [6.45, 7) is 3.81. The molecule has 2 atom stereocenters. The lowest BCUT2D eigenvalue weighted by Crippen LogP contribution is -2.35. The van der Waals surface area contributed by atoms with E-state index in [0.717, 1.165) is 15.8 Å². The van der Waals surface area contributed by atoms with Crippen molar-refractivity contribution in [3.63, 3.8) is 0 Å². The van der Waals surface area contributed by atoms with Crippen LogP contribution in [0.4, 0.5) is 0 Å². The zero-order valence-electron chi connectivity index (χ0n) is 12.0. The van der Waals surface area contributed by atoms with Crippen molar-refractivity contribution in [2.45, 2.75) is 26.0 Å². The Morgan fingerprint density at radius 1 is 1.37 bits per heavy atom. The molecule has 0 aliphatic carbocycles. The standard InChI is InChI=1S/C14H21BrN2O2/c1-9(16-3)12-7-6-11(15)8-13(12)19-10(2)14(18)17(4)5/h6-10,16H,1-5H3. The van der Waals surface area contributed by atoms with Crippen LogP contribution >= 0.6 is 15.9 Å². The van der Waals surface area contributed by atoms with Crippen molar-refractivity contribution >= 4 is 21.8 Å². The summed E-state index contributed by atoms with van der Waals surface area (Å²) in [5, 5.41) is 3.18. The van der Waals surface area contributed by atoms with Crippen molar-refractivity contribution < 1.29 is 9.53 Å². The van der Waals surface area contributed by atoms with Gasteiger partial charge in [0, 0.05) is 30.2 Å². The van der Waals surface area contributed by atoms with Crippen LogP contribution < -0.4 is 10.1 Å². The van der Waals surface area contributed by atoms with Gasteiger partial charge in [-0.05, 0) is 33.0 Å². The Bertz CT molecular complexity index is 449. The maximum atomic E-state index is 11.9. The molecule has 1 rings (SSSR count). The smallest absolute Gasteiger partial charge is 0.262 e. The second-order valence-corrected chi connectivity index (χ2v) is 5.60. The van der Waals surface area contributed by atoms with Crippen molar-refractivity contribution in [3.8, 4) is 5.75 Å². The van der Waals surface area contributed by atoms with Crippen LogP contribution in [0.5, 0.6) is 5.75 Å². The fraction of sp³-hybridized carbons (Fsp3) is 0.500. The lowest BCUT2D eigenvalue weighted by molar-refractivity contribution is -0.135. The lowest BCUT2D eigenvalue weighted by Gasteiger charge is -2.22. The summed E-state index contributed by atoms with van der Waals surface area (Å²) < 4.78 is 6.74. The first kappa shape index (κ1) is 16.0. The first-order chi connectivity index (χ1) is 8.86. The van der Waals surface area contributed by atoms with E-state index in [1.165, 1.54) is 4.90 Å². The largest absolute Gasteiger partial charge is 0.481 e. The van der Waals surface area contributed by atoms with Gasteiger partial charge in [0.2, 0.25) is 0 Å². The molecule has 0 aromatic heterocycles. The molecule has 0 bridgehead atoms. The normalized spacial score (nSPS) is 13.8. The van der Waals surface area contributed by atoms with E-state index < -0.39 is 6.10 Å². The molecule has 1 aromatic carbocycles. The van der Waals surface area contributed by atoms with Crippen LogP contribution in [0.25, 0.3) is 0 Å². The Morgan fingerprint density at radius 2 is 2.00 bits per heavy atom. The Morgan fingerprint density at radius 3 is 2.53 bits per heavy atom. The predicted molar refractivity (Wildman–Crippen MR) is 80.4 cm³/mol. The second-order valence-electron chi connectivity index (χ2n) is 4.69. The van der Waals surface area contributed by atoms with Crippen LogP contribution in [0, 0.1) is 0 Å². The van der Waals surface area contributed by atoms with Gasteiger partial charge in [0.05, 0.1) is 0 Å². The third-order valence-electron chi connectivity index (χ3n) is 2.97. The van der Waals surface area contributed by atoms with Crippen LogP contribution in [0.1, 0.15) is 25.5 Å². The Hall–Kier alpha value is -1.07. The number of ether oxygens (including phenoxy) is 1. The summed E-state index contributed by atoms with van der Waals surface area (Å²) in [6.07, 6.45) is -0.507. The number of halogens is 1. The molecule has 106 valence electrons. The van der Waals surface area contributed by atoms with Gasteiger partial charge < -0.3 is 15.0 Å². The van der Waals surface area contributed by atoms with Gasteiger partial charge in [-0.25, -0.2) is 0 Å². The summed E-state index contributed by atoms with van der Waals surface area (Å²) >= 11 is 3.43. The van der Waals surface area contributed by atoms with Crippen molar-refractivity contribution in [3.05, 3.63) is 28.2 Å². The molecule has 0 saturated heterocycles. The zero-order chi connectivity index (χ0) is 14.6. The number of rotatable bonds is 5. The topological polar surface area (TPSA) is 41.6 Å². The fourth-order valence-corrected chi connectivity index (χ4v) is 2.07. The monoisotopic (exact) mass is 328 g/mol. The number of nitrogens with zero attached hydrogens (tertiary/aromatic N) is 1. The van der Waals surface area contributed by atoms with Crippen molar-refractivity contribution in [2.75, 3.05) is 21.1 Å². The lowest BCUT2D eigenvalue weighted by atomic mass is 10.1. The molecule has 0 aliphatic heterocycles. The van der Waals surface area contributed by atoms with Gasteiger partial charge in [0.1, 0.15) is 5.75 Å². The number of carbonyl (C=O) groups excluding carboxylic acids is 1. The maximum Gasteiger partial charge on any atom is 0.262 e. The molecule has 0 heterocycles. The van der Waals surface area contributed by atoms with E-state index in [0.29, 0.717) is 0 Å². The third kappa shape index (κ3) is 4.21. The van der Waals surface area contributed by atoms with Gasteiger partial charge in [-0.15, -0.1) is 0 Å². The third-order valence-corrected chi connectivity index (χ3v) is 3.46. The molecule has 5 heteroatoms. The Labute approximate surface area is 123 Å². The molecule has 1 amide bonds. The summed E-state index contributed by atoms with van der Waals surface area (Å²) in [7, 11) is 5.34. The number of amides is 1. The molecule has 1 aromatic rings. The van der Waals surface area contributed by atoms with Crippen molar-refractivity contribution in [1.82, 2.24) is 10.2 Å². The number of hydrogen-bond acceptors (Lipinski definition) is 3. The Balaban J connectivity index is 2.99. The SMILES string of the molecule is CNC(C)c1ccc(Br)cc1OC(C)C(=O)N(C)C.